The van der Waals surface area contributed by atoms with Crippen LogP contribution in [0.2, 0.25) is 5.02 Å². The fourth-order valence-electron chi connectivity index (χ4n) is 4.01. The van der Waals surface area contributed by atoms with Gasteiger partial charge in [0.15, 0.2) is 0 Å². The molecule has 3 rings (SSSR count). The van der Waals surface area contributed by atoms with Crippen LogP contribution in [0.25, 0.3) is 11.4 Å². The van der Waals surface area contributed by atoms with Crippen molar-refractivity contribution in [3.05, 3.63) is 39.3 Å². The summed E-state index contributed by atoms with van der Waals surface area (Å²) in [6, 6.07) is 5.41. The summed E-state index contributed by atoms with van der Waals surface area (Å²) in [6.07, 6.45) is -0.140. The van der Waals surface area contributed by atoms with Crippen molar-refractivity contribution < 1.29 is 14.3 Å². The van der Waals surface area contributed by atoms with Crippen LogP contribution in [-0.2, 0) is 22.9 Å². The summed E-state index contributed by atoms with van der Waals surface area (Å²) in [7, 11) is 6.91. The Morgan fingerprint density at radius 3 is 2.61 bits per heavy atom. The van der Waals surface area contributed by atoms with E-state index in [1.807, 2.05) is 51.0 Å². The SMILES string of the molecule is CCOC1CN(C(=O)OC)CC1Nc1c(CC)nc(-c2ccc(N(C)C)cc2Cl)n(C)c1=O. The van der Waals surface area contributed by atoms with Gasteiger partial charge < -0.3 is 24.6 Å². The highest BCUT2D eigenvalue weighted by Crippen LogP contribution is 2.30. The first-order valence-electron chi connectivity index (χ1n) is 11.0. The Bertz CT molecular complexity index is 1070. The van der Waals surface area contributed by atoms with Gasteiger partial charge in [0.2, 0.25) is 0 Å². The predicted octanol–water partition coefficient (Wildman–Crippen LogP) is 3.00. The lowest BCUT2D eigenvalue weighted by Gasteiger charge is -2.22. The number of aromatic nitrogens is 2. The van der Waals surface area contributed by atoms with Crippen LogP contribution in [0, 0.1) is 0 Å². The van der Waals surface area contributed by atoms with Crippen molar-refractivity contribution in [1.29, 1.82) is 0 Å². The van der Waals surface area contributed by atoms with Gasteiger partial charge in [0, 0.05) is 45.5 Å². The molecule has 10 heteroatoms. The number of nitrogens with one attached hydrogen (secondary N) is 1. The summed E-state index contributed by atoms with van der Waals surface area (Å²) in [5.74, 6) is 0.502. The standard InChI is InChI=1S/C23H32ClN5O4/c1-7-17-20(25-18-12-29(23(31)32-6)13-19(18)33-8-2)22(30)28(5)21(26-17)15-10-9-14(27(3)4)11-16(15)24/h9-11,18-19,25H,7-8,12-13H2,1-6H3. The quantitative estimate of drug-likeness (QED) is 0.655. The maximum Gasteiger partial charge on any atom is 0.409 e. The van der Waals surface area contributed by atoms with E-state index in [-0.39, 0.29) is 17.7 Å². The van der Waals surface area contributed by atoms with Crippen molar-refractivity contribution >= 4 is 29.1 Å². The molecule has 2 heterocycles. The maximum atomic E-state index is 13.4. The molecule has 2 aromatic rings. The van der Waals surface area contributed by atoms with Crippen LogP contribution in [0.3, 0.4) is 0 Å². The van der Waals surface area contributed by atoms with E-state index in [0.29, 0.717) is 53.9 Å². The molecule has 1 aromatic carbocycles. The number of ether oxygens (including phenoxy) is 2. The summed E-state index contributed by atoms with van der Waals surface area (Å²) in [5.41, 5.74) is 2.48. The van der Waals surface area contributed by atoms with Gasteiger partial charge in [-0.25, -0.2) is 9.78 Å². The highest BCUT2D eigenvalue weighted by Gasteiger charge is 2.37. The second-order valence-corrected chi connectivity index (χ2v) is 8.56. The molecule has 2 atom stereocenters. The molecule has 0 spiro atoms. The van der Waals surface area contributed by atoms with Crippen molar-refractivity contribution in [1.82, 2.24) is 14.5 Å². The zero-order chi connectivity index (χ0) is 24.3. The topological polar surface area (TPSA) is 88.9 Å². The molecular weight excluding hydrogens is 446 g/mol. The summed E-state index contributed by atoms with van der Waals surface area (Å²) >= 11 is 6.55. The number of carbonyl (C=O) groups excluding carboxylic acids is 1. The minimum atomic E-state index is -0.420. The number of nitrogens with zero attached hydrogens (tertiary/aromatic N) is 4. The molecule has 0 saturated carbocycles. The second-order valence-electron chi connectivity index (χ2n) is 8.15. The Balaban J connectivity index is 1.99. The van der Waals surface area contributed by atoms with Gasteiger partial charge in [-0.15, -0.1) is 0 Å². The van der Waals surface area contributed by atoms with Crippen LogP contribution in [0.15, 0.2) is 23.0 Å². The number of anilines is 2. The van der Waals surface area contributed by atoms with Crippen molar-refractivity contribution in [2.45, 2.75) is 32.4 Å². The van der Waals surface area contributed by atoms with Crippen molar-refractivity contribution in [3.63, 3.8) is 0 Å². The molecule has 1 aliphatic rings. The number of halogens is 1. The molecule has 1 saturated heterocycles. The van der Waals surface area contributed by atoms with Crippen LogP contribution < -0.4 is 15.8 Å². The lowest BCUT2D eigenvalue weighted by atomic mass is 10.1. The van der Waals surface area contributed by atoms with Crippen LogP contribution in [-0.4, -0.2) is 73.6 Å². The van der Waals surface area contributed by atoms with E-state index < -0.39 is 6.09 Å². The van der Waals surface area contributed by atoms with Gasteiger partial charge in [-0.05, 0) is 31.5 Å². The van der Waals surface area contributed by atoms with Crippen LogP contribution in [0.4, 0.5) is 16.2 Å². The minimum absolute atomic E-state index is 0.212. The van der Waals surface area contributed by atoms with Crippen LogP contribution in [0.1, 0.15) is 19.5 Å². The highest BCUT2D eigenvalue weighted by atomic mass is 35.5. The monoisotopic (exact) mass is 477 g/mol. The van der Waals surface area contributed by atoms with Crippen LogP contribution >= 0.6 is 11.6 Å². The Hall–Kier alpha value is -2.78. The van der Waals surface area contributed by atoms with Gasteiger partial charge in [-0.2, -0.15) is 0 Å². The lowest BCUT2D eigenvalue weighted by molar-refractivity contribution is 0.0614. The van der Waals surface area contributed by atoms with E-state index in [2.05, 4.69) is 5.32 Å². The Morgan fingerprint density at radius 2 is 2.03 bits per heavy atom. The van der Waals surface area contributed by atoms with Gasteiger partial charge in [0.1, 0.15) is 11.5 Å². The molecule has 2 unspecified atom stereocenters. The highest BCUT2D eigenvalue weighted by molar-refractivity contribution is 6.33. The normalized spacial score (nSPS) is 17.8. The third-order valence-corrected chi connectivity index (χ3v) is 6.13. The van der Waals surface area contributed by atoms with Crippen molar-refractivity contribution in [2.75, 3.05) is 51.1 Å². The molecule has 9 nitrogen and oxygen atoms in total. The number of hydrogen-bond acceptors (Lipinski definition) is 7. The van der Waals surface area contributed by atoms with Gasteiger partial charge in [0.25, 0.3) is 5.56 Å². The first-order valence-corrected chi connectivity index (χ1v) is 11.4. The number of benzene rings is 1. The average Bonchev–Trinajstić information content (AvgIpc) is 3.19. The molecule has 0 bridgehead atoms. The number of methoxy groups -OCH3 is 1. The number of aryl methyl sites for hydroxylation is 1. The number of amides is 1. The molecule has 1 amide bonds. The Kier molecular flexibility index (Phi) is 7.86. The zero-order valence-corrected chi connectivity index (χ0v) is 20.8. The summed E-state index contributed by atoms with van der Waals surface area (Å²) < 4.78 is 12.2. The molecule has 1 N–H and O–H groups in total. The van der Waals surface area contributed by atoms with Crippen molar-refractivity contribution in [2.24, 2.45) is 7.05 Å². The summed E-state index contributed by atoms with van der Waals surface area (Å²) in [4.78, 5) is 33.8. The van der Waals surface area contributed by atoms with Crippen molar-refractivity contribution in [3.8, 4) is 11.4 Å². The first kappa shape index (κ1) is 24.9. The van der Waals surface area contributed by atoms with Gasteiger partial charge >= 0.3 is 6.09 Å². The number of likely N-dealkylation sites (tertiary alicyclic amines) is 1. The molecule has 1 fully saturated rings. The van der Waals surface area contributed by atoms with Gasteiger partial charge in [-0.1, -0.05) is 18.5 Å². The Morgan fingerprint density at radius 1 is 1.30 bits per heavy atom. The van der Waals surface area contributed by atoms with E-state index in [1.165, 1.54) is 11.7 Å². The van der Waals surface area contributed by atoms with E-state index in [9.17, 15) is 9.59 Å². The van der Waals surface area contributed by atoms with Gasteiger partial charge in [0.05, 0.1) is 36.5 Å². The van der Waals surface area contributed by atoms with Gasteiger partial charge in [-0.3, -0.25) is 9.36 Å². The van der Waals surface area contributed by atoms with E-state index in [0.717, 1.165) is 5.69 Å². The molecule has 0 radical (unpaired) electrons. The smallest absolute Gasteiger partial charge is 0.409 e. The zero-order valence-electron chi connectivity index (χ0n) is 20.0. The minimum Gasteiger partial charge on any atom is -0.453 e. The predicted molar refractivity (Wildman–Crippen MR) is 130 cm³/mol. The number of carbonyl (C=O) groups is 1. The molecule has 0 aliphatic carbocycles. The molecular formula is C23H32ClN5O4. The third-order valence-electron chi connectivity index (χ3n) is 5.82. The molecule has 1 aliphatic heterocycles. The molecule has 33 heavy (non-hydrogen) atoms. The average molecular weight is 478 g/mol. The van der Waals surface area contributed by atoms with E-state index >= 15 is 0 Å². The fourth-order valence-corrected chi connectivity index (χ4v) is 4.27. The Labute approximate surface area is 199 Å². The number of hydrogen-bond donors (Lipinski definition) is 1. The summed E-state index contributed by atoms with van der Waals surface area (Å²) in [6.45, 7) is 5.09. The third kappa shape index (κ3) is 5.09. The van der Waals surface area contributed by atoms with E-state index in [4.69, 9.17) is 26.1 Å². The fraction of sp³-hybridized carbons (Fsp3) is 0.522. The maximum absolute atomic E-state index is 13.4. The first-order chi connectivity index (χ1) is 15.7. The number of rotatable bonds is 7. The largest absolute Gasteiger partial charge is 0.453 e. The molecule has 180 valence electrons. The van der Waals surface area contributed by atoms with Crippen LogP contribution in [0.5, 0.6) is 0 Å². The molecule has 1 aromatic heterocycles. The van der Waals surface area contributed by atoms with E-state index in [1.54, 1.807) is 11.9 Å². The second kappa shape index (κ2) is 10.4. The lowest BCUT2D eigenvalue weighted by Crippen LogP contribution is -2.38. The summed E-state index contributed by atoms with van der Waals surface area (Å²) in [5, 5.41) is 3.84.